The molecule has 1 aliphatic rings. The monoisotopic (exact) mass is 275 g/mol. The lowest BCUT2D eigenvalue weighted by atomic mass is 10.1. The summed E-state index contributed by atoms with van der Waals surface area (Å²) in [6.07, 6.45) is 6.05. The highest BCUT2D eigenvalue weighted by atomic mass is 16.5. The third kappa shape index (κ3) is 3.75. The lowest BCUT2D eigenvalue weighted by Crippen LogP contribution is -2.33. The van der Waals surface area contributed by atoms with E-state index < -0.39 is 0 Å². The number of amides is 1. The molecule has 2 rings (SSSR count). The van der Waals surface area contributed by atoms with Crippen molar-refractivity contribution in [3.8, 4) is 5.75 Å². The van der Waals surface area contributed by atoms with Crippen LogP contribution in [0.2, 0.25) is 0 Å². The Kier molecular flexibility index (Phi) is 5.45. The molecule has 0 atom stereocenters. The van der Waals surface area contributed by atoms with Crippen molar-refractivity contribution < 1.29 is 9.53 Å². The SMILES string of the molecule is CCOc1ccc(C(=O)N2CCCCCCC2)cc1C. The fourth-order valence-corrected chi connectivity index (χ4v) is 2.73. The fraction of sp³-hybridized carbons (Fsp3) is 0.588. The summed E-state index contributed by atoms with van der Waals surface area (Å²) in [6, 6.07) is 5.75. The van der Waals surface area contributed by atoms with Gasteiger partial charge in [0.05, 0.1) is 6.61 Å². The molecule has 0 saturated carbocycles. The van der Waals surface area contributed by atoms with Gasteiger partial charge in [0.15, 0.2) is 0 Å². The Bertz CT molecular complexity index is 448. The Morgan fingerprint density at radius 3 is 2.40 bits per heavy atom. The summed E-state index contributed by atoms with van der Waals surface area (Å²) < 4.78 is 5.53. The van der Waals surface area contributed by atoms with Gasteiger partial charge in [0.1, 0.15) is 5.75 Å². The Labute approximate surface area is 121 Å². The smallest absolute Gasteiger partial charge is 0.253 e. The number of ether oxygens (including phenoxy) is 1. The third-order valence-electron chi connectivity index (χ3n) is 3.86. The zero-order valence-corrected chi connectivity index (χ0v) is 12.7. The van der Waals surface area contributed by atoms with Crippen LogP contribution >= 0.6 is 0 Å². The predicted octanol–water partition coefficient (Wildman–Crippen LogP) is 3.80. The van der Waals surface area contributed by atoms with E-state index in [1.54, 1.807) is 0 Å². The Morgan fingerprint density at radius 1 is 1.15 bits per heavy atom. The van der Waals surface area contributed by atoms with Crippen LogP contribution in [0.1, 0.15) is 54.9 Å². The number of benzene rings is 1. The van der Waals surface area contributed by atoms with Crippen LogP contribution in [0, 0.1) is 6.92 Å². The van der Waals surface area contributed by atoms with Crippen LogP contribution in [0.15, 0.2) is 18.2 Å². The molecule has 1 saturated heterocycles. The van der Waals surface area contributed by atoms with Crippen molar-refractivity contribution in [2.24, 2.45) is 0 Å². The van der Waals surface area contributed by atoms with E-state index in [4.69, 9.17) is 4.74 Å². The van der Waals surface area contributed by atoms with Gasteiger partial charge in [-0.05, 0) is 50.5 Å². The van der Waals surface area contributed by atoms with Crippen molar-refractivity contribution in [3.05, 3.63) is 29.3 Å². The zero-order valence-electron chi connectivity index (χ0n) is 12.7. The van der Waals surface area contributed by atoms with Crippen molar-refractivity contribution in [1.82, 2.24) is 4.90 Å². The van der Waals surface area contributed by atoms with Crippen LogP contribution in [0.3, 0.4) is 0 Å². The van der Waals surface area contributed by atoms with Crippen LogP contribution < -0.4 is 4.74 Å². The minimum absolute atomic E-state index is 0.165. The second-order valence-corrected chi connectivity index (χ2v) is 5.47. The number of carbonyl (C=O) groups excluding carboxylic acids is 1. The molecule has 0 bridgehead atoms. The summed E-state index contributed by atoms with van der Waals surface area (Å²) >= 11 is 0. The van der Waals surface area contributed by atoms with Crippen molar-refractivity contribution in [3.63, 3.8) is 0 Å². The summed E-state index contributed by atoms with van der Waals surface area (Å²) in [4.78, 5) is 14.6. The van der Waals surface area contributed by atoms with Gasteiger partial charge in [-0.2, -0.15) is 0 Å². The molecule has 0 unspecified atom stereocenters. The maximum absolute atomic E-state index is 12.6. The molecular formula is C17H25NO2. The maximum Gasteiger partial charge on any atom is 0.253 e. The van der Waals surface area contributed by atoms with E-state index in [0.29, 0.717) is 6.61 Å². The van der Waals surface area contributed by atoms with E-state index >= 15 is 0 Å². The van der Waals surface area contributed by atoms with Crippen LogP contribution in [0.4, 0.5) is 0 Å². The quantitative estimate of drug-likeness (QED) is 0.839. The van der Waals surface area contributed by atoms with Gasteiger partial charge in [-0.3, -0.25) is 4.79 Å². The van der Waals surface area contributed by atoms with E-state index in [1.165, 1.54) is 19.3 Å². The van der Waals surface area contributed by atoms with Crippen LogP contribution in [0.5, 0.6) is 5.75 Å². The molecule has 1 amide bonds. The summed E-state index contributed by atoms with van der Waals surface area (Å²) in [7, 11) is 0. The molecule has 110 valence electrons. The van der Waals surface area contributed by atoms with Crippen LogP contribution in [-0.4, -0.2) is 30.5 Å². The largest absolute Gasteiger partial charge is 0.494 e. The maximum atomic E-state index is 12.6. The lowest BCUT2D eigenvalue weighted by Gasteiger charge is -2.25. The number of hydrogen-bond acceptors (Lipinski definition) is 2. The van der Waals surface area contributed by atoms with Gasteiger partial charge < -0.3 is 9.64 Å². The Balaban J connectivity index is 2.09. The van der Waals surface area contributed by atoms with Gasteiger partial charge in [0.2, 0.25) is 0 Å². The molecule has 1 aromatic carbocycles. The summed E-state index contributed by atoms with van der Waals surface area (Å²) in [6.45, 7) is 6.41. The molecule has 1 aromatic rings. The third-order valence-corrected chi connectivity index (χ3v) is 3.86. The Morgan fingerprint density at radius 2 is 1.80 bits per heavy atom. The number of likely N-dealkylation sites (tertiary alicyclic amines) is 1. The van der Waals surface area contributed by atoms with E-state index in [9.17, 15) is 4.79 Å². The van der Waals surface area contributed by atoms with Gasteiger partial charge in [0, 0.05) is 18.7 Å². The normalized spacial score (nSPS) is 16.4. The lowest BCUT2D eigenvalue weighted by molar-refractivity contribution is 0.0742. The molecule has 3 nitrogen and oxygen atoms in total. The predicted molar refractivity (Wildman–Crippen MR) is 81.3 cm³/mol. The van der Waals surface area contributed by atoms with Crippen molar-refractivity contribution in [2.45, 2.75) is 46.0 Å². The molecule has 0 radical (unpaired) electrons. The van der Waals surface area contributed by atoms with Gasteiger partial charge in [-0.25, -0.2) is 0 Å². The Hall–Kier alpha value is -1.51. The molecule has 1 heterocycles. The average Bonchev–Trinajstić information content (AvgIpc) is 2.40. The van der Waals surface area contributed by atoms with Crippen molar-refractivity contribution in [1.29, 1.82) is 0 Å². The van der Waals surface area contributed by atoms with Gasteiger partial charge in [-0.15, -0.1) is 0 Å². The highest BCUT2D eigenvalue weighted by Gasteiger charge is 2.17. The highest BCUT2D eigenvalue weighted by molar-refractivity contribution is 5.94. The number of rotatable bonds is 3. The molecule has 1 fully saturated rings. The molecule has 0 N–H and O–H groups in total. The second kappa shape index (κ2) is 7.32. The molecule has 1 aliphatic heterocycles. The second-order valence-electron chi connectivity index (χ2n) is 5.47. The first kappa shape index (κ1) is 14.9. The first-order valence-corrected chi connectivity index (χ1v) is 7.75. The number of aryl methyl sites for hydroxylation is 1. The number of nitrogens with zero attached hydrogens (tertiary/aromatic N) is 1. The summed E-state index contributed by atoms with van der Waals surface area (Å²) in [5, 5.41) is 0. The summed E-state index contributed by atoms with van der Waals surface area (Å²) in [5.41, 5.74) is 1.82. The van der Waals surface area contributed by atoms with Crippen molar-refractivity contribution >= 4 is 5.91 Å². The summed E-state index contributed by atoms with van der Waals surface area (Å²) in [5.74, 6) is 1.04. The zero-order chi connectivity index (χ0) is 14.4. The van der Waals surface area contributed by atoms with E-state index in [-0.39, 0.29) is 5.91 Å². The van der Waals surface area contributed by atoms with Crippen LogP contribution in [-0.2, 0) is 0 Å². The first-order chi connectivity index (χ1) is 9.72. The molecule has 20 heavy (non-hydrogen) atoms. The van der Waals surface area contributed by atoms with Gasteiger partial charge >= 0.3 is 0 Å². The fourth-order valence-electron chi connectivity index (χ4n) is 2.73. The van der Waals surface area contributed by atoms with Crippen molar-refractivity contribution in [2.75, 3.05) is 19.7 Å². The highest BCUT2D eigenvalue weighted by Crippen LogP contribution is 2.21. The average molecular weight is 275 g/mol. The molecular weight excluding hydrogens is 250 g/mol. The van der Waals surface area contributed by atoms with Gasteiger partial charge in [-0.1, -0.05) is 19.3 Å². The topological polar surface area (TPSA) is 29.5 Å². The van der Waals surface area contributed by atoms with Gasteiger partial charge in [0.25, 0.3) is 5.91 Å². The van der Waals surface area contributed by atoms with E-state index in [2.05, 4.69) is 0 Å². The standard InChI is InChI=1S/C17H25NO2/c1-3-20-16-10-9-15(13-14(16)2)17(19)18-11-7-5-4-6-8-12-18/h9-10,13H,3-8,11-12H2,1-2H3. The van der Waals surface area contributed by atoms with E-state index in [1.807, 2.05) is 36.9 Å². The first-order valence-electron chi connectivity index (χ1n) is 7.75. The van der Waals surface area contributed by atoms with E-state index in [0.717, 1.165) is 42.8 Å². The number of hydrogen-bond donors (Lipinski definition) is 0. The molecule has 0 spiro atoms. The van der Waals surface area contributed by atoms with Crippen LogP contribution in [0.25, 0.3) is 0 Å². The molecule has 0 aromatic heterocycles. The number of carbonyl (C=O) groups is 1. The molecule has 0 aliphatic carbocycles. The minimum atomic E-state index is 0.165. The minimum Gasteiger partial charge on any atom is -0.494 e. The molecule has 3 heteroatoms.